The first-order chi connectivity index (χ1) is 14.2. The Labute approximate surface area is 169 Å². The van der Waals surface area contributed by atoms with Gasteiger partial charge in [-0.3, -0.25) is 4.79 Å². The monoisotopic (exact) mass is 390 g/mol. The van der Waals surface area contributed by atoms with E-state index in [2.05, 4.69) is 16.8 Å². The lowest BCUT2D eigenvalue weighted by Crippen LogP contribution is -2.42. The summed E-state index contributed by atoms with van der Waals surface area (Å²) in [7, 11) is 0. The second-order valence-corrected chi connectivity index (χ2v) is 7.10. The molecule has 1 amide bonds. The molecule has 148 valence electrons. The second-order valence-electron chi connectivity index (χ2n) is 7.10. The van der Waals surface area contributed by atoms with E-state index in [0.29, 0.717) is 30.2 Å². The molecule has 0 N–H and O–H groups in total. The Morgan fingerprint density at radius 1 is 1.07 bits per heavy atom. The van der Waals surface area contributed by atoms with Crippen LogP contribution >= 0.6 is 0 Å². The first kappa shape index (κ1) is 17.7. The first-order valence-electron chi connectivity index (χ1n) is 9.83. The van der Waals surface area contributed by atoms with Crippen molar-refractivity contribution in [3.63, 3.8) is 0 Å². The first-order valence-corrected chi connectivity index (χ1v) is 9.83. The van der Waals surface area contributed by atoms with Crippen molar-refractivity contribution in [3.05, 3.63) is 77.6 Å². The summed E-state index contributed by atoms with van der Waals surface area (Å²) < 4.78 is 18.6. The Kier molecular flexibility index (Phi) is 4.39. The molecule has 0 saturated heterocycles. The number of carbonyl (C=O) groups excluding carboxylic acids is 1. The smallest absolute Gasteiger partial charge is 0.254 e. The van der Waals surface area contributed by atoms with Crippen LogP contribution in [0.4, 0.5) is 0 Å². The van der Waals surface area contributed by atoms with E-state index in [-0.39, 0.29) is 18.7 Å². The van der Waals surface area contributed by atoms with E-state index >= 15 is 0 Å². The Hall–Kier alpha value is -3.41. The minimum atomic E-state index is -0.160. The Balaban J connectivity index is 1.51. The number of amides is 1. The zero-order chi connectivity index (χ0) is 19.8. The average molecular weight is 390 g/mol. The Morgan fingerprint density at radius 3 is 2.72 bits per heavy atom. The third kappa shape index (κ3) is 3.10. The van der Waals surface area contributed by atoms with Crippen molar-refractivity contribution in [2.75, 3.05) is 19.9 Å². The molecule has 0 saturated carbocycles. The van der Waals surface area contributed by atoms with Crippen molar-refractivity contribution in [3.8, 4) is 17.2 Å². The minimum Gasteiger partial charge on any atom is -0.494 e. The van der Waals surface area contributed by atoms with Gasteiger partial charge < -0.3 is 23.7 Å². The van der Waals surface area contributed by atoms with Crippen molar-refractivity contribution in [2.45, 2.75) is 19.5 Å². The van der Waals surface area contributed by atoms with Gasteiger partial charge in [-0.05, 0) is 55.0 Å². The van der Waals surface area contributed by atoms with Gasteiger partial charge in [0.15, 0.2) is 11.5 Å². The molecule has 1 unspecified atom stereocenters. The molecular weight excluding hydrogens is 368 g/mol. The van der Waals surface area contributed by atoms with E-state index in [1.807, 2.05) is 42.2 Å². The number of hydrogen-bond donors (Lipinski definition) is 0. The standard InChI is InChI=1S/C23H22N2O4/c1-2-27-18-8-5-16(6-9-18)22-19-4-3-11-24(19)12-13-25(22)23(26)17-7-10-20-21(14-17)29-15-28-20/h3-11,14,22H,2,12-13,15H2,1H3. The van der Waals surface area contributed by atoms with Crippen molar-refractivity contribution in [1.82, 2.24) is 9.47 Å². The van der Waals surface area contributed by atoms with E-state index in [9.17, 15) is 4.79 Å². The van der Waals surface area contributed by atoms with Gasteiger partial charge in [0.1, 0.15) is 5.75 Å². The fraction of sp³-hybridized carbons (Fsp3) is 0.261. The van der Waals surface area contributed by atoms with Gasteiger partial charge in [-0.25, -0.2) is 0 Å². The molecule has 3 heterocycles. The summed E-state index contributed by atoms with van der Waals surface area (Å²) in [4.78, 5) is 15.4. The second kappa shape index (κ2) is 7.20. The molecule has 0 fully saturated rings. The van der Waals surface area contributed by atoms with Gasteiger partial charge in [-0.2, -0.15) is 0 Å². The molecule has 6 heteroatoms. The molecule has 1 aromatic heterocycles. The van der Waals surface area contributed by atoms with Crippen LogP contribution in [0, 0.1) is 0 Å². The third-order valence-corrected chi connectivity index (χ3v) is 5.43. The van der Waals surface area contributed by atoms with Crippen LogP contribution in [0.3, 0.4) is 0 Å². The molecule has 3 aromatic rings. The number of benzene rings is 2. The highest BCUT2D eigenvalue weighted by Crippen LogP contribution is 2.37. The maximum Gasteiger partial charge on any atom is 0.254 e. The van der Waals surface area contributed by atoms with Gasteiger partial charge in [0.2, 0.25) is 6.79 Å². The highest BCUT2D eigenvalue weighted by atomic mass is 16.7. The topological polar surface area (TPSA) is 52.9 Å². The van der Waals surface area contributed by atoms with Crippen molar-refractivity contribution in [2.24, 2.45) is 0 Å². The number of hydrogen-bond acceptors (Lipinski definition) is 4. The lowest BCUT2D eigenvalue weighted by atomic mass is 9.98. The quantitative estimate of drug-likeness (QED) is 0.679. The molecule has 2 aliphatic heterocycles. The predicted molar refractivity (Wildman–Crippen MR) is 107 cm³/mol. The summed E-state index contributed by atoms with van der Waals surface area (Å²) in [5.41, 5.74) is 2.77. The van der Waals surface area contributed by atoms with Crippen LogP contribution in [-0.4, -0.2) is 35.3 Å². The maximum atomic E-state index is 13.5. The third-order valence-electron chi connectivity index (χ3n) is 5.43. The molecule has 0 spiro atoms. The molecule has 6 nitrogen and oxygen atoms in total. The van der Waals surface area contributed by atoms with Crippen molar-refractivity contribution < 1.29 is 19.0 Å². The summed E-state index contributed by atoms with van der Waals surface area (Å²) in [5.74, 6) is 2.11. The van der Waals surface area contributed by atoms with E-state index < -0.39 is 0 Å². The Bertz CT molecular complexity index is 1040. The minimum absolute atomic E-state index is 0.0189. The SMILES string of the molecule is CCOc1ccc(C2c3cccn3CCN2C(=O)c2ccc3c(c2)OCO3)cc1. The number of rotatable bonds is 4. The molecule has 0 radical (unpaired) electrons. The fourth-order valence-corrected chi connectivity index (χ4v) is 4.06. The molecule has 29 heavy (non-hydrogen) atoms. The predicted octanol–water partition coefficient (Wildman–Crippen LogP) is 3.86. The summed E-state index contributed by atoms with van der Waals surface area (Å²) >= 11 is 0. The summed E-state index contributed by atoms with van der Waals surface area (Å²) in [6, 6.07) is 17.3. The molecule has 0 aliphatic carbocycles. The normalized spacial score (nSPS) is 17.1. The molecule has 2 aliphatic rings. The number of fused-ring (bicyclic) bond motifs is 2. The molecule has 1 atom stereocenters. The maximum absolute atomic E-state index is 13.5. The number of carbonyl (C=O) groups is 1. The van der Waals surface area contributed by atoms with Gasteiger partial charge in [0, 0.05) is 30.5 Å². The molecule has 2 aromatic carbocycles. The van der Waals surface area contributed by atoms with E-state index in [1.54, 1.807) is 18.2 Å². The summed E-state index contributed by atoms with van der Waals surface area (Å²) in [6.07, 6.45) is 2.07. The zero-order valence-electron chi connectivity index (χ0n) is 16.2. The lowest BCUT2D eigenvalue weighted by Gasteiger charge is -2.37. The van der Waals surface area contributed by atoms with Crippen LogP contribution < -0.4 is 14.2 Å². The van der Waals surface area contributed by atoms with Crippen molar-refractivity contribution in [1.29, 1.82) is 0 Å². The summed E-state index contributed by atoms with van der Waals surface area (Å²) in [5, 5.41) is 0. The van der Waals surface area contributed by atoms with Crippen LogP contribution in [-0.2, 0) is 6.54 Å². The van der Waals surface area contributed by atoms with E-state index in [1.165, 1.54) is 0 Å². The van der Waals surface area contributed by atoms with E-state index in [4.69, 9.17) is 14.2 Å². The van der Waals surface area contributed by atoms with Gasteiger partial charge >= 0.3 is 0 Å². The van der Waals surface area contributed by atoms with Crippen LogP contribution in [0.15, 0.2) is 60.8 Å². The number of nitrogens with zero attached hydrogens (tertiary/aromatic N) is 2. The number of aromatic nitrogens is 1. The van der Waals surface area contributed by atoms with Crippen LogP contribution in [0.2, 0.25) is 0 Å². The molecule has 5 rings (SSSR count). The van der Waals surface area contributed by atoms with Crippen LogP contribution in [0.5, 0.6) is 17.2 Å². The fourth-order valence-electron chi connectivity index (χ4n) is 4.06. The largest absolute Gasteiger partial charge is 0.494 e. The highest BCUT2D eigenvalue weighted by molar-refractivity contribution is 5.95. The van der Waals surface area contributed by atoms with Gasteiger partial charge in [-0.15, -0.1) is 0 Å². The van der Waals surface area contributed by atoms with Gasteiger partial charge in [0.05, 0.1) is 12.6 Å². The zero-order valence-corrected chi connectivity index (χ0v) is 16.2. The van der Waals surface area contributed by atoms with Crippen LogP contribution in [0.25, 0.3) is 0 Å². The lowest BCUT2D eigenvalue weighted by molar-refractivity contribution is 0.0663. The highest BCUT2D eigenvalue weighted by Gasteiger charge is 2.33. The van der Waals surface area contributed by atoms with Gasteiger partial charge in [0.25, 0.3) is 5.91 Å². The molecule has 0 bridgehead atoms. The Morgan fingerprint density at radius 2 is 1.90 bits per heavy atom. The number of ether oxygens (including phenoxy) is 3. The average Bonchev–Trinajstić information content (AvgIpc) is 3.42. The van der Waals surface area contributed by atoms with Crippen molar-refractivity contribution >= 4 is 5.91 Å². The van der Waals surface area contributed by atoms with Crippen LogP contribution in [0.1, 0.15) is 34.6 Å². The van der Waals surface area contributed by atoms with Gasteiger partial charge in [-0.1, -0.05) is 12.1 Å². The summed E-state index contributed by atoms with van der Waals surface area (Å²) in [6.45, 7) is 4.19. The molecular formula is C23H22N2O4. The van der Waals surface area contributed by atoms with E-state index in [0.717, 1.165) is 23.6 Å².